The van der Waals surface area contributed by atoms with Crippen LogP contribution in [0.15, 0.2) is 78.5 Å². The van der Waals surface area contributed by atoms with Crippen LogP contribution >= 0.6 is 23.2 Å². The Bertz CT molecular complexity index is 1060. The quantitative estimate of drug-likeness (QED) is 0.515. The van der Waals surface area contributed by atoms with Gasteiger partial charge in [0, 0.05) is 21.3 Å². The number of rotatable bonds is 5. The van der Waals surface area contributed by atoms with E-state index in [-0.39, 0.29) is 5.70 Å². The lowest BCUT2D eigenvalue weighted by Gasteiger charge is -2.12. The Morgan fingerprint density at radius 2 is 1.52 bits per heavy atom. The van der Waals surface area contributed by atoms with Gasteiger partial charge in [-0.25, -0.2) is 0 Å². The Hall–Kier alpha value is -3.08. The molecule has 0 saturated heterocycles. The third kappa shape index (κ3) is 5.70. The molecule has 2 amide bonds. The fraction of sp³-hybridized carbons (Fsp3) is 0.0435. The van der Waals surface area contributed by atoms with E-state index in [4.69, 9.17) is 23.2 Å². The van der Waals surface area contributed by atoms with Crippen molar-refractivity contribution in [3.8, 4) is 0 Å². The molecule has 0 saturated carbocycles. The number of aryl methyl sites for hydroxylation is 1. The van der Waals surface area contributed by atoms with Gasteiger partial charge in [-0.3, -0.25) is 9.59 Å². The molecule has 0 radical (unpaired) electrons. The van der Waals surface area contributed by atoms with Gasteiger partial charge in [0.2, 0.25) is 0 Å². The summed E-state index contributed by atoms with van der Waals surface area (Å²) in [5, 5.41) is 6.46. The van der Waals surface area contributed by atoms with Gasteiger partial charge < -0.3 is 10.6 Å². The van der Waals surface area contributed by atoms with Crippen molar-refractivity contribution >= 4 is 46.8 Å². The summed E-state index contributed by atoms with van der Waals surface area (Å²) in [7, 11) is 0. The highest BCUT2D eigenvalue weighted by Gasteiger charge is 2.15. The molecule has 3 rings (SSSR count). The highest BCUT2D eigenvalue weighted by molar-refractivity contribution is 6.32. The number of amides is 2. The lowest BCUT2D eigenvalue weighted by atomic mass is 10.1. The second kappa shape index (κ2) is 9.41. The third-order valence-electron chi connectivity index (χ3n) is 4.11. The standard InChI is InChI=1S/C23H18Cl2N2O2/c1-15-6-8-16(9-7-15)22(28)27-21(14-17-4-2-3-5-20(17)25)23(29)26-19-12-10-18(24)11-13-19/h2-14H,1H3,(H,26,29)(H,27,28)/b21-14+. The fourth-order valence-electron chi connectivity index (χ4n) is 2.54. The van der Waals surface area contributed by atoms with E-state index in [2.05, 4.69) is 10.6 Å². The van der Waals surface area contributed by atoms with E-state index in [9.17, 15) is 9.59 Å². The zero-order valence-corrected chi connectivity index (χ0v) is 17.1. The second-order valence-electron chi connectivity index (χ2n) is 6.36. The van der Waals surface area contributed by atoms with Crippen LogP contribution in [0.3, 0.4) is 0 Å². The van der Waals surface area contributed by atoms with Gasteiger partial charge in [-0.1, -0.05) is 59.1 Å². The van der Waals surface area contributed by atoms with E-state index in [0.717, 1.165) is 5.56 Å². The van der Waals surface area contributed by atoms with E-state index in [0.29, 0.717) is 26.9 Å². The molecule has 0 aliphatic rings. The van der Waals surface area contributed by atoms with Crippen LogP contribution < -0.4 is 10.6 Å². The number of benzene rings is 3. The minimum Gasteiger partial charge on any atom is -0.321 e. The molecule has 0 bridgehead atoms. The zero-order valence-electron chi connectivity index (χ0n) is 15.6. The monoisotopic (exact) mass is 424 g/mol. The normalized spacial score (nSPS) is 11.1. The molecule has 29 heavy (non-hydrogen) atoms. The summed E-state index contributed by atoms with van der Waals surface area (Å²) < 4.78 is 0. The number of carbonyl (C=O) groups is 2. The molecule has 0 aromatic heterocycles. The van der Waals surface area contributed by atoms with Gasteiger partial charge in [-0.05, 0) is 61.0 Å². The van der Waals surface area contributed by atoms with Crippen molar-refractivity contribution in [3.63, 3.8) is 0 Å². The van der Waals surface area contributed by atoms with Gasteiger partial charge in [0.15, 0.2) is 0 Å². The topological polar surface area (TPSA) is 58.2 Å². The summed E-state index contributed by atoms with van der Waals surface area (Å²) in [5.41, 5.74) is 2.71. The summed E-state index contributed by atoms with van der Waals surface area (Å²) >= 11 is 12.1. The Morgan fingerprint density at radius 3 is 2.17 bits per heavy atom. The van der Waals surface area contributed by atoms with Crippen LogP contribution in [0.5, 0.6) is 0 Å². The van der Waals surface area contributed by atoms with Crippen LogP contribution in [0.1, 0.15) is 21.5 Å². The van der Waals surface area contributed by atoms with E-state index in [1.807, 2.05) is 19.1 Å². The molecule has 0 unspecified atom stereocenters. The molecule has 0 atom stereocenters. The van der Waals surface area contributed by atoms with Crippen molar-refractivity contribution in [2.45, 2.75) is 6.92 Å². The lowest BCUT2D eigenvalue weighted by molar-refractivity contribution is -0.113. The molecule has 0 fully saturated rings. The van der Waals surface area contributed by atoms with Crippen molar-refractivity contribution in [1.29, 1.82) is 0 Å². The Morgan fingerprint density at radius 1 is 0.862 bits per heavy atom. The molecule has 0 heterocycles. The molecule has 0 aliphatic heterocycles. The maximum absolute atomic E-state index is 12.9. The molecule has 3 aromatic rings. The highest BCUT2D eigenvalue weighted by atomic mass is 35.5. The summed E-state index contributed by atoms with van der Waals surface area (Å²) in [4.78, 5) is 25.5. The largest absolute Gasteiger partial charge is 0.321 e. The number of anilines is 1. The third-order valence-corrected chi connectivity index (χ3v) is 4.71. The van der Waals surface area contributed by atoms with Gasteiger partial charge in [-0.2, -0.15) is 0 Å². The minimum atomic E-state index is -0.479. The second-order valence-corrected chi connectivity index (χ2v) is 7.20. The van der Waals surface area contributed by atoms with Crippen molar-refractivity contribution in [1.82, 2.24) is 5.32 Å². The zero-order chi connectivity index (χ0) is 20.8. The van der Waals surface area contributed by atoms with Crippen LogP contribution in [0.25, 0.3) is 6.08 Å². The molecule has 3 aromatic carbocycles. The van der Waals surface area contributed by atoms with Gasteiger partial charge in [0.1, 0.15) is 5.70 Å². The maximum Gasteiger partial charge on any atom is 0.272 e. The molecule has 2 N–H and O–H groups in total. The SMILES string of the molecule is Cc1ccc(C(=O)N/C(=C/c2ccccc2Cl)C(=O)Nc2ccc(Cl)cc2)cc1. The van der Waals surface area contributed by atoms with Crippen LogP contribution in [0, 0.1) is 6.92 Å². The predicted octanol–water partition coefficient (Wildman–Crippen LogP) is 5.71. The Kier molecular flexibility index (Phi) is 6.70. The smallest absolute Gasteiger partial charge is 0.272 e. The van der Waals surface area contributed by atoms with Gasteiger partial charge >= 0.3 is 0 Å². The number of hydrogen-bond acceptors (Lipinski definition) is 2. The number of carbonyl (C=O) groups excluding carboxylic acids is 2. The highest BCUT2D eigenvalue weighted by Crippen LogP contribution is 2.19. The summed E-state index contributed by atoms with van der Waals surface area (Å²) in [5.74, 6) is -0.873. The average Bonchev–Trinajstić information content (AvgIpc) is 2.71. The minimum absolute atomic E-state index is 0.0682. The average molecular weight is 425 g/mol. The molecule has 0 spiro atoms. The van der Waals surface area contributed by atoms with Crippen molar-refractivity contribution < 1.29 is 9.59 Å². The van der Waals surface area contributed by atoms with Gasteiger partial charge in [0.05, 0.1) is 0 Å². The van der Waals surface area contributed by atoms with E-state index in [1.165, 1.54) is 0 Å². The van der Waals surface area contributed by atoms with E-state index >= 15 is 0 Å². The summed E-state index contributed by atoms with van der Waals surface area (Å²) in [6.07, 6.45) is 1.54. The van der Waals surface area contributed by atoms with Gasteiger partial charge in [-0.15, -0.1) is 0 Å². The Balaban J connectivity index is 1.89. The molecule has 4 nitrogen and oxygen atoms in total. The number of hydrogen-bond donors (Lipinski definition) is 2. The lowest BCUT2D eigenvalue weighted by Crippen LogP contribution is -2.30. The van der Waals surface area contributed by atoms with Crippen molar-refractivity contribution in [2.24, 2.45) is 0 Å². The number of nitrogens with one attached hydrogen (secondary N) is 2. The first-order valence-corrected chi connectivity index (χ1v) is 9.59. The molecule has 6 heteroatoms. The first-order chi connectivity index (χ1) is 13.9. The molecular weight excluding hydrogens is 407 g/mol. The maximum atomic E-state index is 12.9. The molecule has 146 valence electrons. The first-order valence-electron chi connectivity index (χ1n) is 8.83. The summed E-state index contributed by atoms with van der Waals surface area (Å²) in [6.45, 7) is 1.93. The molecular formula is C23H18Cl2N2O2. The fourth-order valence-corrected chi connectivity index (χ4v) is 2.85. The summed E-state index contributed by atoms with van der Waals surface area (Å²) in [6, 6.07) is 20.8. The van der Waals surface area contributed by atoms with Crippen LogP contribution in [-0.4, -0.2) is 11.8 Å². The predicted molar refractivity (Wildman–Crippen MR) is 118 cm³/mol. The van der Waals surface area contributed by atoms with Crippen LogP contribution in [-0.2, 0) is 4.79 Å². The van der Waals surface area contributed by atoms with Crippen LogP contribution in [0.4, 0.5) is 5.69 Å². The van der Waals surface area contributed by atoms with E-state index < -0.39 is 11.8 Å². The van der Waals surface area contributed by atoms with Crippen LogP contribution in [0.2, 0.25) is 10.0 Å². The van der Waals surface area contributed by atoms with Crippen molar-refractivity contribution in [2.75, 3.05) is 5.32 Å². The first kappa shape index (κ1) is 20.6. The molecule has 0 aliphatic carbocycles. The Labute approximate surface area is 179 Å². The van der Waals surface area contributed by atoms with Crippen molar-refractivity contribution in [3.05, 3.63) is 105 Å². The van der Waals surface area contributed by atoms with Gasteiger partial charge in [0.25, 0.3) is 11.8 Å². The number of halogens is 2. The van der Waals surface area contributed by atoms with E-state index in [1.54, 1.807) is 66.7 Å².